The number of carbonyl (C=O) groups is 1. The molecule has 4 rings (SSSR count). The Labute approximate surface area is 171 Å². The van der Waals surface area contributed by atoms with Crippen molar-refractivity contribution in [3.63, 3.8) is 0 Å². The first-order valence-corrected chi connectivity index (χ1v) is 9.06. The van der Waals surface area contributed by atoms with E-state index in [-0.39, 0.29) is 17.1 Å². The highest BCUT2D eigenvalue weighted by molar-refractivity contribution is 6.09. The number of hydrogen-bond donors (Lipinski definition) is 1. The third-order valence-corrected chi connectivity index (χ3v) is 5.19. The topological polar surface area (TPSA) is 80.8 Å². The lowest BCUT2D eigenvalue weighted by atomic mass is 9.81. The largest absolute Gasteiger partial charge is 0.497 e. The number of pyridine rings is 1. The fourth-order valence-corrected chi connectivity index (χ4v) is 3.55. The lowest BCUT2D eigenvalue weighted by Gasteiger charge is -2.27. The van der Waals surface area contributed by atoms with Crippen LogP contribution in [-0.4, -0.2) is 35.9 Å². The van der Waals surface area contributed by atoms with Crippen LogP contribution >= 0.6 is 0 Å². The number of aliphatic imine (C=N–C) groups is 1. The van der Waals surface area contributed by atoms with Gasteiger partial charge in [-0.2, -0.15) is 0 Å². The smallest absolute Gasteiger partial charge is 0.266 e. The van der Waals surface area contributed by atoms with Crippen LogP contribution in [0.25, 0.3) is 11.1 Å². The second kappa shape index (κ2) is 7.22. The highest BCUT2D eigenvalue weighted by Crippen LogP contribution is 2.41. The van der Waals surface area contributed by atoms with Gasteiger partial charge in [-0.15, -0.1) is 0 Å². The van der Waals surface area contributed by atoms with Crippen molar-refractivity contribution in [3.8, 4) is 16.9 Å². The maximum absolute atomic E-state index is 14.6. The van der Waals surface area contributed by atoms with Crippen molar-refractivity contribution < 1.29 is 18.3 Å². The third kappa shape index (κ3) is 2.88. The molecule has 0 radical (unpaired) electrons. The van der Waals surface area contributed by atoms with E-state index in [0.717, 1.165) is 6.07 Å². The quantitative estimate of drug-likeness (QED) is 0.720. The number of methoxy groups -OCH3 is 1. The number of halogens is 2. The normalized spacial score (nSPS) is 18.5. The number of nitrogens with two attached hydrogens (primary N) is 1. The summed E-state index contributed by atoms with van der Waals surface area (Å²) in [6.45, 7) is 0. The molecule has 8 heteroatoms. The lowest BCUT2D eigenvalue weighted by Crippen LogP contribution is -2.41. The predicted molar refractivity (Wildman–Crippen MR) is 108 cm³/mol. The zero-order valence-corrected chi connectivity index (χ0v) is 16.3. The molecule has 0 saturated carbocycles. The summed E-state index contributed by atoms with van der Waals surface area (Å²) < 4.78 is 34.1. The monoisotopic (exact) mass is 408 g/mol. The minimum atomic E-state index is -1.54. The van der Waals surface area contributed by atoms with E-state index >= 15 is 0 Å². The summed E-state index contributed by atoms with van der Waals surface area (Å²) in [4.78, 5) is 22.9. The van der Waals surface area contributed by atoms with Gasteiger partial charge in [-0.3, -0.25) is 14.7 Å². The Hall–Kier alpha value is -3.81. The van der Waals surface area contributed by atoms with E-state index in [2.05, 4.69) is 9.98 Å². The summed E-state index contributed by atoms with van der Waals surface area (Å²) in [6.07, 6.45) is 2.51. The van der Waals surface area contributed by atoms with Gasteiger partial charge in [0.05, 0.1) is 7.11 Å². The first-order valence-electron chi connectivity index (χ1n) is 9.06. The maximum Gasteiger partial charge on any atom is 0.266 e. The molecule has 0 fully saturated rings. The van der Waals surface area contributed by atoms with Gasteiger partial charge in [0.25, 0.3) is 5.91 Å². The molecule has 30 heavy (non-hydrogen) atoms. The first-order chi connectivity index (χ1) is 14.4. The van der Waals surface area contributed by atoms with Gasteiger partial charge in [0.15, 0.2) is 11.5 Å². The van der Waals surface area contributed by atoms with Crippen molar-refractivity contribution in [1.29, 1.82) is 0 Å². The van der Waals surface area contributed by atoms with E-state index in [0.29, 0.717) is 16.9 Å². The molecule has 152 valence electrons. The molecule has 0 aliphatic carbocycles. The summed E-state index contributed by atoms with van der Waals surface area (Å²) in [7, 11) is 3.04. The molecule has 1 unspecified atom stereocenters. The Morgan fingerprint density at radius 2 is 1.67 bits per heavy atom. The van der Waals surface area contributed by atoms with Crippen molar-refractivity contribution in [2.24, 2.45) is 10.7 Å². The Kier molecular flexibility index (Phi) is 4.69. The average Bonchev–Trinajstić information content (AvgIpc) is 2.99. The Morgan fingerprint density at radius 1 is 1.00 bits per heavy atom. The number of aromatic nitrogens is 1. The highest BCUT2D eigenvalue weighted by atomic mass is 19.1. The van der Waals surface area contributed by atoms with Crippen molar-refractivity contribution in [2.45, 2.75) is 5.54 Å². The van der Waals surface area contributed by atoms with Crippen molar-refractivity contribution in [1.82, 2.24) is 9.88 Å². The van der Waals surface area contributed by atoms with Crippen LogP contribution in [0, 0.1) is 11.6 Å². The molecule has 1 atom stereocenters. The van der Waals surface area contributed by atoms with Crippen LogP contribution in [-0.2, 0) is 10.3 Å². The number of likely N-dealkylation sites (N-methyl/N-ethyl adjacent to an activating group) is 1. The number of benzene rings is 2. The van der Waals surface area contributed by atoms with Crippen LogP contribution in [0.3, 0.4) is 0 Å². The number of hydrogen-bond acceptors (Lipinski definition) is 5. The number of guanidine groups is 1. The minimum absolute atomic E-state index is 0.0162. The minimum Gasteiger partial charge on any atom is -0.497 e. The lowest BCUT2D eigenvalue weighted by molar-refractivity contribution is -0.129. The number of amides is 1. The Morgan fingerprint density at radius 3 is 2.27 bits per heavy atom. The van der Waals surface area contributed by atoms with E-state index in [1.165, 1.54) is 49.7 Å². The molecule has 1 aliphatic heterocycles. The van der Waals surface area contributed by atoms with Crippen LogP contribution in [0.2, 0.25) is 0 Å². The van der Waals surface area contributed by atoms with E-state index in [1.54, 1.807) is 24.3 Å². The fraction of sp³-hybridized carbons (Fsp3) is 0.136. The summed E-state index contributed by atoms with van der Waals surface area (Å²) in [5.74, 6) is -1.06. The van der Waals surface area contributed by atoms with E-state index in [9.17, 15) is 13.6 Å². The third-order valence-electron chi connectivity index (χ3n) is 5.19. The van der Waals surface area contributed by atoms with Crippen molar-refractivity contribution in [3.05, 3.63) is 83.7 Å². The first kappa shape index (κ1) is 19.5. The molecule has 2 heterocycles. The van der Waals surface area contributed by atoms with Gasteiger partial charge in [-0.05, 0) is 41.5 Å². The number of carbonyl (C=O) groups excluding carboxylic acids is 1. The van der Waals surface area contributed by atoms with Crippen LogP contribution < -0.4 is 10.5 Å². The molecule has 2 aromatic carbocycles. The second-order valence-corrected chi connectivity index (χ2v) is 6.82. The molecule has 1 amide bonds. The van der Waals surface area contributed by atoms with Crippen molar-refractivity contribution >= 4 is 11.9 Å². The molecule has 1 aliphatic rings. The fourth-order valence-electron chi connectivity index (χ4n) is 3.55. The number of ether oxygens (including phenoxy) is 1. The van der Waals surface area contributed by atoms with Crippen LogP contribution in [0.4, 0.5) is 8.78 Å². The molecule has 1 aromatic heterocycles. The SMILES string of the molecule is COc1ccc(C2(c3ccc(F)c(-c4cnccc4F)c3)N=C(N)N(C)C2=O)cc1. The summed E-state index contributed by atoms with van der Waals surface area (Å²) in [5, 5.41) is 0. The van der Waals surface area contributed by atoms with Gasteiger partial charge in [-0.25, -0.2) is 13.8 Å². The summed E-state index contributed by atoms with van der Waals surface area (Å²) in [6, 6.07) is 12.0. The molecule has 2 N–H and O–H groups in total. The summed E-state index contributed by atoms with van der Waals surface area (Å²) in [5.41, 5.74) is 5.26. The van der Waals surface area contributed by atoms with E-state index < -0.39 is 23.1 Å². The highest BCUT2D eigenvalue weighted by Gasteiger charge is 2.49. The molecule has 0 bridgehead atoms. The molecular formula is C22H18F2N4O2. The second-order valence-electron chi connectivity index (χ2n) is 6.82. The zero-order valence-electron chi connectivity index (χ0n) is 16.3. The number of rotatable bonds is 4. The maximum atomic E-state index is 14.6. The predicted octanol–water partition coefficient (Wildman–Crippen LogP) is 3.07. The van der Waals surface area contributed by atoms with E-state index in [4.69, 9.17) is 10.5 Å². The Bertz CT molecular complexity index is 1160. The molecule has 3 aromatic rings. The molecule has 0 saturated heterocycles. The summed E-state index contributed by atoms with van der Waals surface area (Å²) >= 11 is 0. The standard InChI is InChI=1S/C22H18F2N4O2/c1-28-20(29)22(27-21(28)25,13-3-6-15(30-2)7-4-13)14-5-8-18(23)16(11-14)17-12-26-10-9-19(17)24/h3-12H,1-2H3,(H2,25,27). The number of nitrogens with zero attached hydrogens (tertiary/aromatic N) is 3. The van der Waals surface area contributed by atoms with Gasteiger partial charge in [0.1, 0.15) is 17.4 Å². The van der Waals surface area contributed by atoms with Gasteiger partial charge in [-0.1, -0.05) is 18.2 Å². The van der Waals surface area contributed by atoms with E-state index in [1.807, 2.05) is 0 Å². The Balaban J connectivity index is 1.97. The van der Waals surface area contributed by atoms with Gasteiger partial charge < -0.3 is 10.5 Å². The molecule has 6 nitrogen and oxygen atoms in total. The van der Waals surface area contributed by atoms with Gasteiger partial charge >= 0.3 is 0 Å². The van der Waals surface area contributed by atoms with Crippen LogP contribution in [0.5, 0.6) is 5.75 Å². The van der Waals surface area contributed by atoms with Gasteiger partial charge in [0.2, 0.25) is 0 Å². The van der Waals surface area contributed by atoms with Crippen molar-refractivity contribution in [2.75, 3.05) is 14.2 Å². The zero-order chi connectivity index (χ0) is 21.5. The van der Waals surface area contributed by atoms with Gasteiger partial charge in [0, 0.05) is 30.6 Å². The average molecular weight is 408 g/mol. The van der Waals surface area contributed by atoms with Crippen LogP contribution in [0.1, 0.15) is 11.1 Å². The molecule has 0 spiro atoms. The van der Waals surface area contributed by atoms with Crippen LogP contribution in [0.15, 0.2) is 65.9 Å². The molecular weight excluding hydrogens is 390 g/mol.